The van der Waals surface area contributed by atoms with Crippen molar-refractivity contribution in [3.8, 4) is 5.95 Å². The zero-order chi connectivity index (χ0) is 22.8. The Balaban J connectivity index is 1.39. The van der Waals surface area contributed by atoms with Crippen molar-refractivity contribution < 1.29 is 4.79 Å². The first-order valence-electron chi connectivity index (χ1n) is 11.1. The van der Waals surface area contributed by atoms with E-state index in [1.54, 1.807) is 16.0 Å². The van der Waals surface area contributed by atoms with Gasteiger partial charge in [0.2, 0.25) is 5.91 Å². The average Bonchev–Trinajstić information content (AvgIpc) is 3.33. The van der Waals surface area contributed by atoms with Crippen molar-refractivity contribution in [2.45, 2.75) is 54.0 Å². The summed E-state index contributed by atoms with van der Waals surface area (Å²) < 4.78 is 1.76. The van der Waals surface area contributed by atoms with Crippen LogP contribution in [0.1, 0.15) is 46.0 Å². The second-order valence-corrected chi connectivity index (χ2v) is 9.37. The van der Waals surface area contributed by atoms with E-state index in [0.29, 0.717) is 12.4 Å². The van der Waals surface area contributed by atoms with Crippen LogP contribution in [0.5, 0.6) is 0 Å². The van der Waals surface area contributed by atoms with E-state index < -0.39 is 0 Å². The quantitative estimate of drug-likeness (QED) is 0.571. The van der Waals surface area contributed by atoms with Crippen molar-refractivity contribution >= 4 is 17.2 Å². The largest absolute Gasteiger partial charge is 0.340 e. The zero-order valence-electron chi connectivity index (χ0n) is 19.6. The molecule has 9 heteroatoms. The molecule has 0 atom stereocenters. The molecule has 1 aliphatic rings. The van der Waals surface area contributed by atoms with Crippen LogP contribution in [0.2, 0.25) is 0 Å². The highest BCUT2D eigenvalue weighted by molar-refractivity contribution is 7.09. The van der Waals surface area contributed by atoms with E-state index in [-0.39, 0.29) is 5.91 Å². The molecule has 0 aliphatic carbocycles. The molecule has 0 N–H and O–H groups in total. The van der Waals surface area contributed by atoms with E-state index in [9.17, 15) is 4.79 Å². The number of rotatable bonds is 6. The molecule has 3 aromatic rings. The highest BCUT2D eigenvalue weighted by atomic mass is 32.1. The Hall–Kier alpha value is -2.65. The molecule has 1 saturated heterocycles. The molecule has 32 heavy (non-hydrogen) atoms. The number of aryl methyl sites for hydroxylation is 4. The van der Waals surface area contributed by atoms with Gasteiger partial charge in [-0.15, -0.1) is 11.3 Å². The van der Waals surface area contributed by atoms with E-state index in [4.69, 9.17) is 0 Å². The summed E-state index contributed by atoms with van der Waals surface area (Å²) in [7, 11) is 0. The molecule has 1 amide bonds. The number of hydrogen-bond donors (Lipinski definition) is 0. The molecular formula is C23H31N7OS. The second-order valence-electron chi connectivity index (χ2n) is 8.43. The predicted octanol–water partition coefficient (Wildman–Crippen LogP) is 2.80. The number of carbonyl (C=O) groups excluding carboxylic acids is 1. The summed E-state index contributed by atoms with van der Waals surface area (Å²) in [5, 5.41) is 7.97. The van der Waals surface area contributed by atoms with Gasteiger partial charge in [0.05, 0.1) is 22.8 Å². The summed E-state index contributed by atoms with van der Waals surface area (Å²) in [6.07, 6.45) is 1.34. The normalized spacial score (nSPS) is 14.8. The number of piperazine rings is 1. The summed E-state index contributed by atoms with van der Waals surface area (Å²) in [6, 6.07) is 1.94. The lowest BCUT2D eigenvalue weighted by molar-refractivity contribution is -0.132. The molecule has 8 nitrogen and oxygen atoms in total. The fourth-order valence-electron chi connectivity index (χ4n) is 4.16. The number of hydrogen-bond acceptors (Lipinski definition) is 7. The van der Waals surface area contributed by atoms with E-state index in [0.717, 1.165) is 73.2 Å². The van der Waals surface area contributed by atoms with Crippen LogP contribution >= 0.6 is 11.3 Å². The van der Waals surface area contributed by atoms with Gasteiger partial charge in [-0.25, -0.2) is 19.6 Å². The van der Waals surface area contributed by atoms with E-state index >= 15 is 0 Å². The van der Waals surface area contributed by atoms with Crippen molar-refractivity contribution in [3.05, 3.63) is 50.5 Å². The molecule has 1 fully saturated rings. The zero-order valence-corrected chi connectivity index (χ0v) is 20.4. The Kier molecular flexibility index (Phi) is 6.66. The first kappa shape index (κ1) is 22.5. The summed E-state index contributed by atoms with van der Waals surface area (Å²) in [6.45, 7) is 14.1. The average molecular weight is 454 g/mol. The fraction of sp³-hybridized carbons (Fsp3) is 0.522. The lowest BCUT2D eigenvalue weighted by Crippen LogP contribution is -2.48. The topological polar surface area (TPSA) is 80.0 Å². The Morgan fingerprint density at radius 2 is 1.72 bits per heavy atom. The molecule has 0 aromatic carbocycles. The monoisotopic (exact) mass is 453 g/mol. The van der Waals surface area contributed by atoms with Gasteiger partial charge in [-0.05, 0) is 40.2 Å². The third-order valence-electron chi connectivity index (χ3n) is 5.94. The van der Waals surface area contributed by atoms with E-state index in [2.05, 4.69) is 37.3 Å². The second kappa shape index (κ2) is 9.46. The minimum absolute atomic E-state index is 0.152. The summed E-state index contributed by atoms with van der Waals surface area (Å²) in [5.41, 5.74) is 5.69. The van der Waals surface area contributed by atoms with Crippen molar-refractivity contribution in [2.24, 2.45) is 0 Å². The maximum Gasteiger partial charge on any atom is 0.251 e. The molecule has 3 aromatic heterocycles. The minimum Gasteiger partial charge on any atom is -0.340 e. The van der Waals surface area contributed by atoms with E-state index in [1.165, 1.54) is 5.01 Å². The molecule has 0 radical (unpaired) electrons. The smallest absolute Gasteiger partial charge is 0.251 e. The first-order chi connectivity index (χ1) is 15.3. The van der Waals surface area contributed by atoms with Crippen LogP contribution in [0, 0.1) is 27.7 Å². The van der Waals surface area contributed by atoms with Crippen LogP contribution in [0.4, 0.5) is 0 Å². The van der Waals surface area contributed by atoms with Crippen molar-refractivity contribution in [3.63, 3.8) is 0 Å². The minimum atomic E-state index is 0.152. The third-order valence-corrected chi connectivity index (χ3v) is 6.98. The van der Waals surface area contributed by atoms with Gasteiger partial charge in [0.25, 0.3) is 5.95 Å². The van der Waals surface area contributed by atoms with Gasteiger partial charge >= 0.3 is 0 Å². The standard InChI is InChI=1S/C23H31N7OS/c1-6-21-26-19(14-32-21)13-28-7-9-29(10-8-28)22(31)12-20-17(4)27-30(18(20)5)23-24-15(2)11-16(3)25-23/h11,14H,6-10,12-13H2,1-5H3. The molecule has 1 aliphatic heterocycles. The van der Waals surface area contributed by atoms with Gasteiger partial charge in [0.15, 0.2) is 0 Å². The van der Waals surface area contributed by atoms with Crippen LogP contribution in [-0.2, 0) is 24.2 Å². The number of aromatic nitrogens is 5. The molecule has 0 unspecified atom stereocenters. The number of amides is 1. The highest BCUT2D eigenvalue weighted by Crippen LogP contribution is 2.19. The molecule has 4 rings (SSSR count). The van der Waals surface area contributed by atoms with E-state index in [1.807, 2.05) is 38.7 Å². The highest BCUT2D eigenvalue weighted by Gasteiger charge is 2.24. The van der Waals surface area contributed by atoms with Crippen LogP contribution in [0.15, 0.2) is 11.4 Å². The number of carbonyl (C=O) groups is 1. The fourth-order valence-corrected chi connectivity index (χ4v) is 4.89. The lowest BCUT2D eigenvalue weighted by Gasteiger charge is -2.34. The molecule has 170 valence electrons. The van der Waals surface area contributed by atoms with Gasteiger partial charge < -0.3 is 4.90 Å². The van der Waals surface area contributed by atoms with Crippen LogP contribution in [0.3, 0.4) is 0 Å². The number of thiazole rings is 1. The Morgan fingerprint density at radius 3 is 2.34 bits per heavy atom. The molecule has 4 heterocycles. The van der Waals surface area contributed by atoms with Crippen molar-refractivity contribution in [1.82, 2.24) is 34.5 Å². The third kappa shape index (κ3) is 4.88. The van der Waals surface area contributed by atoms with Gasteiger partial charge in [-0.2, -0.15) is 5.10 Å². The summed E-state index contributed by atoms with van der Waals surface area (Å²) in [4.78, 5) is 31.1. The van der Waals surface area contributed by atoms with Crippen molar-refractivity contribution in [2.75, 3.05) is 26.2 Å². The van der Waals surface area contributed by atoms with Gasteiger partial charge in [0, 0.05) is 60.7 Å². The number of nitrogens with zero attached hydrogens (tertiary/aromatic N) is 7. The van der Waals surface area contributed by atoms with Crippen LogP contribution in [0.25, 0.3) is 5.95 Å². The Labute approximate surface area is 193 Å². The first-order valence-corrected chi connectivity index (χ1v) is 12.0. The van der Waals surface area contributed by atoms with Gasteiger partial charge in [-0.3, -0.25) is 9.69 Å². The predicted molar refractivity (Wildman–Crippen MR) is 125 cm³/mol. The molecule has 0 saturated carbocycles. The summed E-state index contributed by atoms with van der Waals surface area (Å²) in [5.74, 6) is 0.711. The molecular weight excluding hydrogens is 422 g/mol. The van der Waals surface area contributed by atoms with Crippen LogP contribution in [-0.4, -0.2) is 66.6 Å². The lowest BCUT2D eigenvalue weighted by atomic mass is 10.1. The summed E-state index contributed by atoms with van der Waals surface area (Å²) >= 11 is 1.73. The Morgan fingerprint density at radius 1 is 1.03 bits per heavy atom. The van der Waals surface area contributed by atoms with Gasteiger partial charge in [-0.1, -0.05) is 6.92 Å². The Bertz CT molecular complexity index is 1090. The van der Waals surface area contributed by atoms with Crippen LogP contribution < -0.4 is 0 Å². The SMILES string of the molecule is CCc1nc(CN2CCN(C(=O)Cc3c(C)nn(-c4nc(C)cc(C)n4)c3C)CC2)cs1. The maximum atomic E-state index is 13.1. The maximum absolute atomic E-state index is 13.1. The molecule has 0 bridgehead atoms. The van der Waals surface area contributed by atoms with Crippen molar-refractivity contribution in [1.29, 1.82) is 0 Å². The molecule has 0 spiro atoms. The van der Waals surface area contributed by atoms with Gasteiger partial charge in [0.1, 0.15) is 0 Å².